The molecule has 0 aromatic carbocycles. The molecule has 0 aromatic heterocycles. The van der Waals surface area contributed by atoms with E-state index >= 15 is 0 Å². The van der Waals surface area contributed by atoms with E-state index in [-0.39, 0.29) is 19.0 Å². The van der Waals surface area contributed by atoms with E-state index in [4.69, 9.17) is 0 Å². The molecule has 0 N–H and O–H groups in total. The van der Waals surface area contributed by atoms with Crippen LogP contribution in [0.5, 0.6) is 0 Å². The molecule has 0 amide bonds. The van der Waals surface area contributed by atoms with Crippen LogP contribution >= 0.6 is 0 Å². The predicted octanol–water partition coefficient (Wildman–Crippen LogP) is 2.28. The first-order valence-corrected chi connectivity index (χ1v) is 4.22. The van der Waals surface area contributed by atoms with E-state index in [0.29, 0.717) is 0 Å². The Hall–Kier alpha value is -0.250. The molecule has 1 nitrogen and oxygen atoms in total. The summed E-state index contributed by atoms with van der Waals surface area (Å²) >= 11 is 0. The lowest BCUT2D eigenvalue weighted by Gasteiger charge is -2.16. The molecule has 0 radical (unpaired) electrons. The van der Waals surface area contributed by atoms with Gasteiger partial charge in [-0.2, -0.15) is 13.2 Å². The zero-order valence-corrected chi connectivity index (χ0v) is 7.36. The van der Waals surface area contributed by atoms with Crippen molar-refractivity contribution in [1.82, 2.24) is 4.90 Å². The lowest BCUT2D eigenvalue weighted by Crippen LogP contribution is -2.26. The van der Waals surface area contributed by atoms with Gasteiger partial charge in [0, 0.05) is 12.6 Å². The molecule has 0 aromatic rings. The first-order chi connectivity index (χ1) is 5.45. The first-order valence-electron chi connectivity index (χ1n) is 4.22. The molecule has 12 heavy (non-hydrogen) atoms. The van der Waals surface area contributed by atoms with Gasteiger partial charge in [0.15, 0.2) is 0 Å². The third kappa shape index (κ3) is 1.91. The minimum absolute atomic E-state index is 0.122. The predicted molar refractivity (Wildman–Crippen MR) is 40.9 cm³/mol. The van der Waals surface area contributed by atoms with Crippen LogP contribution in [0.3, 0.4) is 0 Å². The molecular formula is C8H14F3N. The van der Waals surface area contributed by atoms with Crippen LogP contribution in [-0.2, 0) is 0 Å². The standard InChI is InChI=1S/C8H14F3N/c1-3-7-4-6(5-12(7)2)8(9,10)11/h6-7H,3-5H2,1-2H3. The summed E-state index contributed by atoms with van der Waals surface area (Å²) in [6.45, 7) is 2.10. The number of hydrogen-bond acceptors (Lipinski definition) is 1. The molecule has 0 saturated carbocycles. The third-order valence-corrected chi connectivity index (χ3v) is 2.62. The Morgan fingerprint density at radius 2 is 2.00 bits per heavy atom. The van der Waals surface area contributed by atoms with Gasteiger partial charge in [-0.15, -0.1) is 0 Å². The topological polar surface area (TPSA) is 3.24 Å². The van der Waals surface area contributed by atoms with Crippen LogP contribution < -0.4 is 0 Å². The molecule has 72 valence electrons. The molecule has 2 unspecified atom stereocenters. The van der Waals surface area contributed by atoms with Gasteiger partial charge in [-0.1, -0.05) is 6.92 Å². The van der Waals surface area contributed by atoms with Crippen molar-refractivity contribution in [3.63, 3.8) is 0 Å². The van der Waals surface area contributed by atoms with Crippen LogP contribution in [0.15, 0.2) is 0 Å². The average Bonchev–Trinajstić information content (AvgIpc) is 2.29. The lowest BCUT2D eigenvalue weighted by molar-refractivity contribution is -0.170. The van der Waals surface area contributed by atoms with E-state index in [2.05, 4.69) is 0 Å². The Balaban J connectivity index is 2.54. The van der Waals surface area contributed by atoms with Gasteiger partial charge in [0.1, 0.15) is 0 Å². The van der Waals surface area contributed by atoms with E-state index < -0.39 is 12.1 Å². The van der Waals surface area contributed by atoms with E-state index in [0.717, 1.165) is 6.42 Å². The quantitative estimate of drug-likeness (QED) is 0.599. The lowest BCUT2D eigenvalue weighted by atomic mass is 10.0. The van der Waals surface area contributed by atoms with Crippen molar-refractivity contribution in [1.29, 1.82) is 0 Å². The maximum absolute atomic E-state index is 12.2. The van der Waals surface area contributed by atoms with Crippen LogP contribution in [0.25, 0.3) is 0 Å². The Morgan fingerprint density at radius 1 is 1.42 bits per heavy atom. The molecule has 1 heterocycles. The fourth-order valence-electron chi connectivity index (χ4n) is 1.80. The van der Waals surface area contributed by atoms with Crippen LogP contribution in [0.2, 0.25) is 0 Å². The second-order valence-electron chi connectivity index (χ2n) is 3.48. The highest BCUT2D eigenvalue weighted by molar-refractivity contribution is 4.85. The number of rotatable bonds is 1. The minimum Gasteiger partial charge on any atom is -0.303 e. The summed E-state index contributed by atoms with van der Waals surface area (Å²) in [4.78, 5) is 1.80. The molecule has 1 aliphatic heterocycles. The summed E-state index contributed by atoms with van der Waals surface area (Å²) in [5.74, 6) is -1.10. The number of likely N-dealkylation sites (tertiary alicyclic amines) is 1. The molecule has 4 heteroatoms. The normalized spacial score (nSPS) is 32.8. The van der Waals surface area contributed by atoms with E-state index in [1.165, 1.54) is 0 Å². The van der Waals surface area contributed by atoms with Gasteiger partial charge in [-0.05, 0) is 19.9 Å². The second-order valence-corrected chi connectivity index (χ2v) is 3.48. The Morgan fingerprint density at radius 3 is 2.25 bits per heavy atom. The molecule has 0 aliphatic carbocycles. The highest BCUT2D eigenvalue weighted by atomic mass is 19.4. The number of nitrogens with zero attached hydrogens (tertiary/aromatic N) is 1. The number of hydrogen-bond donors (Lipinski definition) is 0. The SMILES string of the molecule is CCC1CC(C(F)(F)F)CN1C. The average molecular weight is 181 g/mol. The van der Waals surface area contributed by atoms with Crippen molar-refractivity contribution >= 4 is 0 Å². The summed E-state index contributed by atoms with van der Waals surface area (Å²) in [7, 11) is 1.76. The Bertz CT molecular complexity index is 155. The molecule has 1 saturated heterocycles. The Labute approximate surface area is 70.5 Å². The second kappa shape index (κ2) is 3.24. The largest absolute Gasteiger partial charge is 0.393 e. The van der Waals surface area contributed by atoms with E-state index in [9.17, 15) is 13.2 Å². The van der Waals surface area contributed by atoms with Gasteiger partial charge in [0.25, 0.3) is 0 Å². The molecule has 1 rings (SSSR count). The fraction of sp³-hybridized carbons (Fsp3) is 1.00. The van der Waals surface area contributed by atoms with E-state index in [1.54, 1.807) is 11.9 Å². The minimum atomic E-state index is -4.00. The van der Waals surface area contributed by atoms with Crippen LogP contribution in [-0.4, -0.2) is 30.7 Å². The number of halogens is 3. The molecule has 1 fully saturated rings. The first kappa shape index (κ1) is 9.84. The Kier molecular flexibility index (Phi) is 2.66. The zero-order valence-electron chi connectivity index (χ0n) is 7.36. The van der Waals surface area contributed by atoms with Crippen molar-refractivity contribution in [2.24, 2.45) is 5.92 Å². The van der Waals surface area contributed by atoms with Crippen molar-refractivity contribution in [3.8, 4) is 0 Å². The van der Waals surface area contributed by atoms with Gasteiger partial charge in [0.05, 0.1) is 5.92 Å². The molecular weight excluding hydrogens is 167 g/mol. The molecule has 2 atom stereocenters. The molecule has 0 bridgehead atoms. The van der Waals surface area contributed by atoms with Crippen LogP contribution in [0.4, 0.5) is 13.2 Å². The van der Waals surface area contributed by atoms with Crippen LogP contribution in [0.1, 0.15) is 19.8 Å². The van der Waals surface area contributed by atoms with Crippen molar-refractivity contribution in [2.45, 2.75) is 32.0 Å². The smallest absolute Gasteiger partial charge is 0.303 e. The van der Waals surface area contributed by atoms with Crippen molar-refractivity contribution in [2.75, 3.05) is 13.6 Å². The zero-order chi connectivity index (χ0) is 9.35. The highest BCUT2D eigenvalue weighted by Gasteiger charge is 2.45. The van der Waals surface area contributed by atoms with Gasteiger partial charge in [0.2, 0.25) is 0 Å². The summed E-state index contributed by atoms with van der Waals surface area (Å²) in [5.41, 5.74) is 0. The van der Waals surface area contributed by atoms with Crippen molar-refractivity contribution in [3.05, 3.63) is 0 Å². The fourth-order valence-corrected chi connectivity index (χ4v) is 1.80. The van der Waals surface area contributed by atoms with Crippen molar-refractivity contribution < 1.29 is 13.2 Å². The summed E-state index contributed by atoms with van der Waals surface area (Å²) in [6.07, 6.45) is -2.92. The van der Waals surface area contributed by atoms with Crippen LogP contribution in [0, 0.1) is 5.92 Å². The van der Waals surface area contributed by atoms with E-state index in [1.807, 2.05) is 6.92 Å². The van der Waals surface area contributed by atoms with Gasteiger partial charge in [-0.25, -0.2) is 0 Å². The summed E-state index contributed by atoms with van der Waals surface area (Å²) in [6, 6.07) is 0.122. The molecule has 1 aliphatic rings. The summed E-state index contributed by atoms with van der Waals surface area (Å²) < 4.78 is 36.7. The molecule has 0 spiro atoms. The van der Waals surface area contributed by atoms with Gasteiger partial charge >= 0.3 is 6.18 Å². The highest BCUT2D eigenvalue weighted by Crippen LogP contribution is 2.36. The number of alkyl halides is 3. The van der Waals surface area contributed by atoms with Gasteiger partial charge < -0.3 is 4.90 Å². The summed E-state index contributed by atoms with van der Waals surface area (Å²) in [5, 5.41) is 0. The third-order valence-electron chi connectivity index (χ3n) is 2.62. The monoisotopic (exact) mass is 181 g/mol. The van der Waals surface area contributed by atoms with Gasteiger partial charge in [-0.3, -0.25) is 0 Å². The maximum Gasteiger partial charge on any atom is 0.393 e. The maximum atomic E-state index is 12.2.